The molecule has 7 nitrogen and oxygen atoms in total. The van der Waals surface area contributed by atoms with Crippen LogP contribution in [0.1, 0.15) is 25.5 Å². The molecule has 0 saturated heterocycles. The van der Waals surface area contributed by atoms with Gasteiger partial charge < -0.3 is 10.1 Å². The van der Waals surface area contributed by atoms with E-state index in [-0.39, 0.29) is 12.4 Å². The van der Waals surface area contributed by atoms with Crippen LogP contribution >= 0.6 is 0 Å². The van der Waals surface area contributed by atoms with Gasteiger partial charge in [-0.15, -0.1) is 15.0 Å². The second-order valence-corrected chi connectivity index (χ2v) is 6.11. The second kappa shape index (κ2) is 8.29. The Morgan fingerprint density at radius 2 is 1.86 bits per heavy atom. The van der Waals surface area contributed by atoms with E-state index in [1.807, 2.05) is 0 Å². The second-order valence-electron chi connectivity index (χ2n) is 6.11. The molecule has 1 heterocycles. The number of rotatable bonds is 6. The van der Waals surface area contributed by atoms with E-state index in [0.717, 1.165) is 16.9 Å². The molecule has 1 atom stereocenters. The quantitative estimate of drug-likeness (QED) is 0.618. The summed E-state index contributed by atoms with van der Waals surface area (Å²) in [5.41, 5.74) is 0.900. The van der Waals surface area contributed by atoms with Crippen molar-refractivity contribution in [3.63, 3.8) is 0 Å². The lowest BCUT2D eigenvalue weighted by Crippen LogP contribution is -2.21. The number of aromatic nitrogens is 4. The van der Waals surface area contributed by atoms with Crippen molar-refractivity contribution < 1.29 is 22.7 Å². The number of halogens is 3. The number of anilines is 2. The van der Waals surface area contributed by atoms with Gasteiger partial charge >= 0.3 is 12.1 Å². The summed E-state index contributed by atoms with van der Waals surface area (Å²) in [7, 11) is 0. The van der Waals surface area contributed by atoms with Gasteiger partial charge in [-0.2, -0.15) is 13.2 Å². The van der Waals surface area contributed by atoms with Crippen molar-refractivity contribution in [1.82, 2.24) is 20.2 Å². The predicted molar refractivity (Wildman–Crippen MR) is 99.3 cm³/mol. The van der Waals surface area contributed by atoms with Crippen LogP contribution in [0.15, 0.2) is 48.5 Å². The topological polar surface area (TPSA) is 81.9 Å². The number of hydrogen-bond acceptors (Lipinski definition) is 6. The number of nitrogens with one attached hydrogen (secondary N) is 1. The molecule has 0 saturated carbocycles. The van der Waals surface area contributed by atoms with Gasteiger partial charge in [0.1, 0.15) is 0 Å². The first-order valence-electron chi connectivity index (χ1n) is 8.79. The van der Waals surface area contributed by atoms with E-state index in [4.69, 9.17) is 4.74 Å². The summed E-state index contributed by atoms with van der Waals surface area (Å²) in [4.78, 5) is 13.0. The van der Waals surface area contributed by atoms with Crippen molar-refractivity contribution in [3.05, 3.63) is 54.1 Å². The number of nitrogens with zero attached hydrogens (tertiary/aromatic N) is 4. The van der Waals surface area contributed by atoms with Crippen LogP contribution < -0.4 is 5.32 Å². The highest BCUT2D eigenvalue weighted by molar-refractivity contribution is 5.77. The third-order valence-electron chi connectivity index (χ3n) is 4.06. The number of tetrazole rings is 1. The summed E-state index contributed by atoms with van der Waals surface area (Å²) >= 11 is 0. The molecule has 29 heavy (non-hydrogen) atoms. The lowest BCUT2D eigenvalue weighted by Gasteiger charge is -2.12. The van der Waals surface area contributed by atoms with E-state index in [0.29, 0.717) is 16.9 Å². The highest BCUT2D eigenvalue weighted by Crippen LogP contribution is 2.32. The number of para-hydroxylation sites is 1. The molecule has 1 aromatic heterocycles. The fourth-order valence-electron chi connectivity index (χ4n) is 2.54. The largest absolute Gasteiger partial charge is 0.464 e. The van der Waals surface area contributed by atoms with Crippen molar-refractivity contribution in [2.75, 3.05) is 11.9 Å². The van der Waals surface area contributed by atoms with E-state index in [9.17, 15) is 18.0 Å². The number of esters is 1. The summed E-state index contributed by atoms with van der Waals surface area (Å²) in [5, 5.41) is 15.2. The zero-order chi connectivity index (χ0) is 21.0. The Morgan fingerprint density at radius 3 is 2.52 bits per heavy atom. The van der Waals surface area contributed by atoms with Gasteiger partial charge in [0, 0.05) is 16.9 Å². The van der Waals surface area contributed by atoms with Gasteiger partial charge in [0.15, 0.2) is 6.04 Å². The summed E-state index contributed by atoms with van der Waals surface area (Å²) in [6.07, 6.45) is -4.39. The number of hydrogen-bond donors (Lipinski definition) is 1. The highest BCUT2D eigenvalue weighted by Gasteiger charge is 2.30. The van der Waals surface area contributed by atoms with Crippen molar-refractivity contribution in [2.24, 2.45) is 0 Å². The maximum Gasteiger partial charge on any atom is 0.416 e. The first-order valence-corrected chi connectivity index (χ1v) is 8.79. The minimum atomic E-state index is -4.39. The number of carbonyl (C=O) groups is 1. The molecule has 1 unspecified atom stereocenters. The van der Waals surface area contributed by atoms with Gasteiger partial charge in [-0.3, -0.25) is 0 Å². The molecule has 2 aromatic carbocycles. The van der Waals surface area contributed by atoms with Crippen molar-refractivity contribution in [2.45, 2.75) is 26.1 Å². The van der Waals surface area contributed by atoms with Crippen LogP contribution in [0.3, 0.4) is 0 Å². The van der Waals surface area contributed by atoms with E-state index in [2.05, 4.69) is 20.7 Å². The average Bonchev–Trinajstić information content (AvgIpc) is 3.17. The van der Waals surface area contributed by atoms with Crippen molar-refractivity contribution in [1.29, 1.82) is 0 Å². The summed E-state index contributed by atoms with van der Waals surface area (Å²) in [6.45, 7) is 3.54. The average molecular weight is 405 g/mol. The van der Waals surface area contributed by atoms with Gasteiger partial charge in [0.05, 0.1) is 12.2 Å². The lowest BCUT2D eigenvalue weighted by atomic mass is 10.1. The smallest absolute Gasteiger partial charge is 0.416 e. The Bertz CT molecular complexity index is 986. The fourth-order valence-corrected chi connectivity index (χ4v) is 2.54. The molecule has 0 bridgehead atoms. The van der Waals surface area contributed by atoms with Gasteiger partial charge in [0.25, 0.3) is 0 Å². The molecule has 10 heteroatoms. The van der Waals surface area contributed by atoms with Gasteiger partial charge in [-0.25, -0.2) is 4.79 Å². The van der Waals surface area contributed by atoms with E-state index in [1.165, 1.54) is 12.1 Å². The summed E-state index contributed by atoms with van der Waals surface area (Å²) < 4.78 is 43.1. The Balaban J connectivity index is 1.84. The Kier molecular flexibility index (Phi) is 5.81. The minimum absolute atomic E-state index is 0.241. The number of carbonyl (C=O) groups excluding carboxylic acids is 1. The van der Waals surface area contributed by atoms with Crippen LogP contribution in [0.5, 0.6) is 0 Å². The van der Waals surface area contributed by atoms with E-state index < -0.39 is 23.8 Å². The van der Waals surface area contributed by atoms with Crippen LogP contribution in [0, 0.1) is 0 Å². The predicted octanol–water partition coefficient (Wildman–Crippen LogP) is 4.23. The number of ether oxygens (including phenoxy) is 1. The van der Waals surface area contributed by atoms with Crippen LogP contribution in [0.2, 0.25) is 0 Å². The maximum absolute atomic E-state index is 12.7. The molecule has 3 rings (SSSR count). The third-order valence-corrected chi connectivity index (χ3v) is 4.06. The van der Waals surface area contributed by atoms with Gasteiger partial charge in [-0.1, -0.05) is 12.1 Å². The van der Waals surface area contributed by atoms with Crippen LogP contribution in [0.25, 0.3) is 11.4 Å². The molecule has 0 spiro atoms. The number of benzene rings is 2. The molecule has 0 amide bonds. The molecule has 3 aromatic rings. The zero-order valence-electron chi connectivity index (χ0n) is 15.6. The summed E-state index contributed by atoms with van der Waals surface area (Å²) in [5.74, 6) is -0.219. The fraction of sp³-hybridized carbons (Fsp3) is 0.263. The summed E-state index contributed by atoms with van der Waals surface area (Å²) in [6, 6.07) is 10.9. The third kappa shape index (κ3) is 4.71. The maximum atomic E-state index is 12.7. The standard InChI is InChI=1S/C19H18F3N5O2/c1-3-29-18(28)12(2)27-25-17(24-26-27)15-6-4-5-7-16(15)23-14-10-8-13(9-11-14)19(20,21)22/h4-12,23H,3H2,1-2H3. The minimum Gasteiger partial charge on any atom is -0.464 e. The van der Waals surface area contributed by atoms with E-state index >= 15 is 0 Å². The molecule has 0 aliphatic rings. The normalized spacial score (nSPS) is 12.4. The molecule has 0 fully saturated rings. The molecule has 0 radical (unpaired) electrons. The lowest BCUT2D eigenvalue weighted by molar-refractivity contribution is -0.147. The molecular weight excluding hydrogens is 387 g/mol. The highest BCUT2D eigenvalue weighted by atomic mass is 19.4. The van der Waals surface area contributed by atoms with E-state index in [1.54, 1.807) is 38.1 Å². The van der Waals surface area contributed by atoms with Crippen LogP contribution in [-0.2, 0) is 15.7 Å². The van der Waals surface area contributed by atoms with Gasteiger partial charge in [-0.05, 0) is 55.5 Å². The van der Waals surface area contributed by atoms with Crippen LogP contribution in [0.4, 0.5) is 24.5 Å². The SMILES string of the molecule is CCOC(=O)C(C)n1nnc(-c2ccccc2Nc2ccc(C(F)(F)F)cc2)n1. The van der Waals surface area contributed by atoms with Crippen molar-refractivity contribution in [3.8, 4) is 11.4 Å². The first kappa shape index (κ1) is 20.3. The van der Waals surface area contributed by atoms with Crippen LogP contribution in [-0.4, -0.2) is 32.8 Å². The molecular formula is C19H18F3N5O2. The Labute approximate surface area is 164 Å². The first-order chi connectivity index (χ1) is 13.8. The van der Waals surface area contributed by atoms with Gasteiger partial charge in [0.2, 0.25) is 5.82 Å². The molecule has 1 N–H and O–H groups in total. The molecule has 0 aliphatic heterocycles. The monoisotopic (exact) mass is 405 g/mol. The zero-order valence-corrected chi connectivity index (χ0v) is 15.6. The Hall–Kier alpha value is -3.43. The molecule has 152 valence electrons. The molecule has 0 aliphatic carbocycles. The van der Waals surface area contributed by atoms with Crippen molar-refractivity contribution >= 4 is 17.3 Å². The number of alkyl halides is 3. The Morgan fingerprint density at radius 1 is 1.17 bits per heavy atom.